The minimum absolute atomic E-state index is 0.129. The molecule has 2 heterocycles. The number of nitro groups is 1. The average molecular weight is 357 g/mol. The van der Waals surface area contributed by atoms with Gasteiger partial charge in [-0.2, -0.15) is 0 Å². The predicted octanol–water partition coefficient (Wildman–Crippen LogP) is 2.66. The van der Waals surface area contributed by atoms with E-state index in [0.717, 1.165) is 38.2 Å². The maximum absolute atomic E-state index is 11.2. The number of nitrogens with two attached hydrogens (primary N) is 1. The molecule has 0 radical (unpaired) electrons. The fourth-order valence-corrected chi connectivity index (χ4v) is 3.18. The molecular weight excluding hydrogens is 334 g/mol. The van der Waals surface area contributed by atoms with Gasteiger partial charge in [0.15, 0.2) is 0 Å². The van der Waals surface area contributed by atoms with Gasteiger partial charge in [0.25, 0.3) is 0 Å². The van der Waals surface area contributed by atoms with Gasteiger partial charge < -0.3 is 15.8 Å². The maximum atomic E-state index is 11.2. The largest absolute Gasteiger partial charge is 0.497 e. The molecule has 1 aromatic carbocycles. The summed E-state index contributed by atoms with van der Waals surface area (Å²) >= 11 is 0. The van der Waals surface area contributed by atoms with Crippen molar-refractivity contribution in [3.05, 3.63) is 52.2 Å². The molecule has 1 aliphatic rings. The number of rotatable bonds is 6. The zero-order chi connectivity index (χ0) is 18.5. The van der Waals surface area contributed by atoms with E-state index in [1.165, 1.54) is 17.8 Å². The molecular formula is C18H23N5O3. The van der Waals surface area contributed by atoms with Crippen molar-refractivity contribution in [2.24, 2.45) is 0 Å². The van der Waals surface area contributed by atoms with E-state index < -0.39 is 4.92 Å². The summed E-state index contributed by atoms with van der Waals surface area (Å²) in [6, 6.07) is 9.67. The van der Waals surface area contributed by atoms with E-state index in [4.69, 9.17) is 10.5 Å². The lowest BCUT2D eigenvalue weighted by Gasteiger charge is -2.32. The summed E-state index contributed by atoms with van der Waals surface area (Å²) in [5, 5.41) is 14.4. The molecule has 2 aromatic rings. The van der Waals surface area contributed by atoms with Crippen LogP contribution in [0, 0.1) is 10.1 Å². The third-order valence-corrected chi connectivity index (χ3v) is 4.63. The lowest BCUT2D eigenvalue weighted by atomic mass is 10.0. The van der Waals surface area contributed by atoms with Crippen LogP contribution in [-0.4, -0.2) is 41.0 Å². The van der Waals surface area contributed by atoms with Crippen LogP contribution in [0.1, 0.15) is 18.4 Å². The van der Waals surface area contributed by atoms with Crippen LogP contribution in [0.25, 0.3) is 0 Å². The number of nitrogens with one attached hydrogen (secondary N) is 1. The third-order valence-electron chi connectivity index (χ3n) is 4.63. The van der Waals surface area contributed by atoms with Crippen LogP contribution in [0.4, 0.5) is 17.2 Å². The number of likely N-dealkylation sites (tertiary alicyclic amines) is 1. The molecule has 0 aliphatic carbocycles. The van der Waals surface area contributed by atoms with E-state index in [1.807, 2.05) is 12.1 Å². The van der Waals surface area contributed by atoms with Crippen molar-refractivity contribution in [2.45, 2.75) is 25.4 Å². The second-order valence-electron chi connectivity index (χ2n) is 6.40. The Labute approximate surface area is 152 Å². The second-order valence-corrected chi connectivity index (χ2v) is 6.40. The molecule has 26 heavy (non-hydrogen) atoms. The lowest BCUT2D eigenvalue weighted by molar-refractivity contribution is -0.383. The minimum Gasteiger partial charge on any atom is -0.497 e. The summed E-state index contributed by atoms with van der Waals surface area (Å²) in [4.78, 5) is 17.2. The van der Waals surface area contributed by atoms with E-state index in [1.54, 1.807) is 7.11 Å². The zero-order valence-electron chi connectivity index (χ0n) is 14.7. The number of pyridine rings is 1. The van der Waals surface area contributed by atoms with Crippen LogP contribution in [0.5, 0.6) is 5.75 Å². The van der Waals surface area contributed by atoms with Crippen molar-refractivity contribution in [3.63, 3.8) is 0 Å². The average Bonchev–Trinajstić information content (AvgIpc) is 2.64. The van der Waals surface area contributed by atoms with Gasteiger partial charge >= 0.3 is 5.69 Å². The topological polar surface area (TPSA) is 107 Å². The molecule has 0 spiro atoms. The molecule has 1 aliphatic heterocycles. The maximum Gasteiger partial charge on any atom is 0.333 e. The van der Waals surface area contributed by atoms with Gasteiger partial charge in [-0.3, -0.25) is 15.0 Å². The number of ether oxygens (including phenoxy) is 1. The Bertz CT molecular complexity index is 758. The van der Waals surface area contributed by atoms with E-state index in [9.17, 15) is 10.1 Å². The van der Waals surface area contributed by atoms with Gasteiger partial charge in [0.2, 0.25) is 5.82 Å². The first-order valence-electron chi connectivity index (χ1n) is 8.57. The molecule has 1 fully saturated rings. The Kier molecular flexibility index (Phi) is 5.52. The van der Waals surface area contributed by atoms with E-state index in [-0.39, 0.29) is 23.2 Å². The number of hydrogen-bond donors (Lipinski definition) is 2. The van der Waals surface area contributed by atoms with Crippen molar-refractivity contribution in [1.29, 1.82) is 0 Å². The normalized spacial score (nSPS) is 15.6. The monoisotopic (exact) mass is 357 g/mol. The first-order chi connectivity index (χ1) is 12.6. The van der Waals surface area contributed by atoms with Gasteiger partial charge in [-0.1, -0.05) is 12.1 Å². The molecule has 8 heteroatoms. The highest BCUT2D eigenvalue weighted by molar-refractivity contribution is 5.70. The summed E-state index contributed by atoms with van der Waals surface area (Å²) in [5.41, 5.74) is 6.94. The van der Waals surface area contributed by atoms with Gasteiger partial charge in [0.1, 0.15) is 11.4 Å². The molecule has 1 saturated heterocycles. The van der Waals surface area contributed by atoms with Crippen molar-refractivity contribution < 1.29 is 9.66 Å². The van der Waals surface area contributed by atoms with Gasteiger partial charge in [-0.25, -0.2) is 4.98 Å². The molecule has 138 valence electrons. The van der Waals surface area contributed by atoms with Gasteiger partial charge in [-0.05, 0) is 36.6 Å². The van der Waals surface area contributed by atoms with Crippen molar-refractivity contribution in [3.8, 4) is 5.75 Å². The Hall–Kier alpha value is -2.87. The third kappa shape index (κ3) is 4.20. The highest BCUT2D eigenvalue weighted by Crippen LogP contribution is 2.30. The van der Waals surface area contributed by atoms with Crippen LogP contribution in [0.2, 0.25) is 0 Å². The molecule has 0 amide bonds. The lowest BCUT2D eigenvalue weighted by Crippen LogP contribution is -2.38. The summed E-state index contributed by atoms with van der Waals surface area (Å²) in [6.45, 7) is 2.72. The molecule has 1 aromatic heterocycles. The van der Waals surface area contributed by atoms with E-state index in [2.05, 4.69) is 27.3 Å². The summed E-state index contributed by atoms with van der Waals surface area (Å²) < 4.78 is 5.18. The molecule has 3 rings (SSSR count). The molecule has 3 N–H and O–H groups in total. The Morgan fingerprint density at radius 2 is 2.00 bits per heavy atom. The summed E-state index contributed by atoms with van der Waals surface area (Å²) in [6.07, 6.45) is 3.27. The number of nitrogen functional groups attached to an aromatic ring is 1. The molecule has 0 atom stereocenters. The second kappa shape index (κ2) is 8.01. The van der Waals surface area contributed by atoms with Crippen LogP contribution in [0.3, 0.4) is 0 Å². The number of hydrogen-bond acceptors (Lipinski definition) is 7. The number of aromatic nitrogens is 1. The fourth-order valence-electron chi connectivity index (χ4n) is 3.18. The van der Waals surface area contributed by atoms with Crippen LogP contribution in [-0.2, 0) is 6.54 Å². The SMILES string of the molecule is COc1ccc(CN2CCC(Nc3nccc(N)c3[N+](=O)[O-])CC2)cc1. The van der Waals surface area contributed by atoms with Crippen molar-refractivity contribution in [2.75, 3.05) is 31.2 Å². The van der Waals surface area contributed by atoms with Gasteiger partial charge in [-0.15, -0.1) is 0 Å². The van der Waals surface area contributed by atoms with Gasteiger partial charge in [0, 0.05) is 31.9 Å². The van der Waals surface area contributed by atoms with E-state index >= 15 is 0 Å². The number of nitrogens with zero attached hydrogens (tertiary/aromatic N) is 3. The number of anilines is 2. The highest BCUT2D eigenvalue weighted by Gasteiger charge is 2.24. The summed E-state index contributed by atoms with van der Waals surface area (Å²) in [5.74, 6) is 1.11. The fraction of sp³-hybridized carbons (Fsp3) is 0.389. The highest BCUT2D eigenvalue weighted by atomic mass is 16.6. The standard InChI is InChI=1S/C18H23N5O3/c1-26-15-4-2-13(3-5-15)12-22-10-7-14(8-11-22)21-18-17(23(24)25)16(19)6-9-20-18/h2-6,9,14H,7-8,10-12H2,1H3,(H3,19,20,21). The van der Waals surface area contributed by atoms with Crippen molar-refractivity contribution in [1.82, 2.24) is 9.88 Å². The van der Waals surface area contributed by atoms with Crippen LogP contribution in [0.15, 0.2) is 36.5 Å². The first kappa shape index (κ1) is 17.9. The number of methoxy groups -OCH3 is 1. The molecule has 0 bridgehead atoms. The van der Waals surface area contributed by atoms with Crippen LogP contribution >= 0.6 is 0 Å². The molecule has 0 unspecified atom stereocenters. The Morgan fingerprint density at radius 1 is 1.31 bits per heavy atom. The van der Waals surface area contributed by atoms with Gasteiger partial charge in [0.05, 0.1) is 12.0 Å². The number of piperidine rings is 1. The van der Waals surface area contributed by atoms with Crippen molar-refractivity contribution >= 4 is 17.2 Å². The predicted molar refractivity (Wildman–Crippen MR) is 100 cm³/mol. The van der Waals surface area contributed by atoms with Crippen LogP contribution < -0.4 is 15.8 Å². The quantitative estimate of drug-likeness (QED) is 0.604. The minimum atomic E-state index is -0.483. The Balaban J connectivity index is 1.55. The molecule has 0 saturated carbocycles. The molecule has 8 nitrogen and oxygen atoms in total. The van der Waals surface area contributed by atoms with E-state index in [0.29, 0.717) is 0 Å². The first-order valence-corrected chi connectivity index (χ1v) is 8.57. The zero-order valence-corrected chi connectivity index (χ0v) is 14.7. The smallest absolute Gasteiger partial charge is 0.333 e. The Morgan fingerprint density at radius 3 is 2.62 bits per heavy atom. The number of benzene rings is 1. The summed E-state index contributed by atoms with van der Waals surface area (Å²) in [7, 11) is 1.66.